The lowest BCUT2D eigenvalue weighted by atomic mass is 9.88. The van der Waals surface area contributed by atoms with Gasteiger partial charge >= 0.3 is 5.97 Å². The first kappa shape index (κ1) is 12.9. The number of carbonyl (C=O) groups is 1. The fraction of sp³-hybridized carbons (Fsp3) is 0.929. The summed E-state index contributed by atoms with van der Waals surface area (Å²) in [6.45, 7) is 5.34. The van der Waals surface area contributed by atoms with Crippen LogP contribution in [0.2, 0.25) is 0 Å². The van der Waals surface area contributed by atoms with Gasteiger partial charge in [-0.15, -0.1) is 0 Å². The molecule has 0 aromatic rings. The summed E-state index contributed by atoms with van der Waals surface area (Å²) in [6.07, 6.45) is 6.69. The summed E-state index contributed by atoms with van der Waals surface area (Å²) in [7, 11) is 0. The van der Waals surface area contributed by atoms with Gasteiger partial charge in [0.15, 0.2) is 0 Å². The molecule has 1 aliphatic heterocycles. The van der Waals surface area contributed by atoms with Crippen LogP contribution < -0.4 is 5.32 Å². The van der Waals surface area contributed by atoms with Crippen molar-refractivity contribution < 1.29 is 9.53 Å². The van der Waals surface area contributed by atoms with Gasteiger partial charge in [-0.1, -0.05) is 13.3 Å². The molecule has 4 unspecified atom stereocenters. The van der Waals surface area contributed by atoms with Gasteiger partial charge in [-0.25, -0.2) is 0 Å². The van der Waals surface area contributed by atoms with Gasteiger partial charge in [0.25, 0.3) is 0 Å². The molecule has 98 valence electrons. The van der Waals surface area contributed by atoms with Crippen molar-refractivity contribution >= 4 is 5.97 Å². The van der Waals surface area contributed by atoms with E-state index in [2.05, 4.69) is 19.2 Å². The van der Waals surface area contributed by atoms with Gasteiger partial charge in [0.2, 0.25) is 0 Å². The second-order valence-corrected chi connectivity index (χ2v) is 5.91. The molecule has 3 heteroatoms. The van der Waals surface area contributed by atoms with Crippen LogP contribution in [0.15, 0.2) is 0 Å². The van der Waals surface area contributed by atoms with Crippen LogP contribution >= 0.6 is 0 Å². The average Bonchev–Trinajstić information content (AvgIpc) is 2.29. The van der Waals surface area contributed by atoms with Crippen molar-refractivity contribution in [2.24, 2.45) is 11.8 Å². The van der Waals surface area contributed by atoms with Crippen LogP contribution in [-0.4, -0.2) is 24.7 Å². The van der Waals surface area contributed by atoms with Crippen molar-refractivity contribution in [3.63, 3.8) is 0 Å². The molecule has 1 N–H and O–H groups in total. The monoisotopic (exact) mass is 239 g/mol. The molecule has 1 heterocycles. The Morgan fingerprint density at radius 1 is 1.18 bits per heavy atom. The largest absolute Gasteiger partial charge is 0.462 e. The quantitative estimate of drug-likeness (QED) is 0.752. The molecular formula is C14H25NO2. The van der Waals surface area contributed by atoms with Crippen LogP contribution in [0, 0.1) is 11.8 Å². The number of hydrogen-bond acceptors (Lipinski definition) is 3. The molecule has 2 rings (SSSR count). The third kappa shape index (κ3) is 3.70. The Morgan fingerprint density at radius 3 is 2.71 bits per heavy atom. The number of ether oxygens (including phenoxy) is 1. The molecule has 2 aliphatic rings. The first-order chi connectivity index (χ1) is 8.15. The third-order valence-electron chi connectivity index (χ3n) is 4.13. The summed E-state index contributed by atoms with van der Waals surface area (Å²) in [6, 6.07) is 0.451. The lowest BCUT2D eigenvalue weighted by Crippen LogP contribution is -2.40. The van der Waals surface area contributed by atoms with E-state index in [1.54, 1.807) is 0 Å². The molecule has 17 heavy (non-hydrogen) atoms. The highest BCUT2D eigenvalue weighted by molar-refractivity contribution is 5.72. The second kappa shape index (κ2) is 5.85. The first-order valence-electron chi connectivity index (χ1n) is 7.09. The Hall–Kier alpha value is -0.570. The van der Waals surface area contributed by atoms with Crippen molar-refractivity contribution in [3.05, 3.63) is 0 Å². The van der Waals surface area contributed by atoms with Crippen LogP contribution in [0.25, 0.3) is 0 Å². The summed E-state index contributed by atoms with van der Waals surface area (Å²) in [4.78, 5) is 12.1. The van der Waals surface area contributed by atoms with Gasteiger partial charge in [-0.2, -0.15) is 0 Å². The fourth-order valence-corrected chi connectivity index (χ4v) is 3.09. The molecule has 0 spiro atoms. The van der Waals surface area contributed by atoms with E-state index in [1.165, 1.54) is 12.8 Å². The number of piperidine rings is 1. The SMILES string of the molecule is CC1CCCC(OC(=O)C2CCNC(C)C2)C1. The van der Waals surface area contributed by atoms with Crippen LogP contribution in [-0.2, 0) is 9.53 Å². The summed E-state index contributed by atoms with van der Waals surface area (Å²) in [5.41, 5.74) is 0. The van der Waals surface area contributed by atoms with Crippen molar-refractivity contribution in [3.8, 4) is 0 Å². The molecule has 4 atom stereocenters. The Morgan fingerprint density at radius 2 is 2.00 bits per heavy atom. The van der Waals surface area contributed by atoms with Gasteiger partial charge in [0, 0.05) is 6.04 Å². The summed E-state index contributed by atoms with van der Waals surface area (Å²) < 4.78 is 5.68. The second-order valence-electron chi connectivity index (χ2n) is 5.91. The molecule has 1 saturated carbocycles. The Labute approximate surface area is 104 Å². The molecule has 0 amide bonds. The maximum absolute atomic E-state index is 12.1. The minimum absolute atomic E-state index is 0.0532. The Bertz CT molecular complexity index is 267. The van der Waals surface area contributed by atoms with Crippen molar-refractivity contribution in [2.45, 2.75) is 64.5 Å². The zero-order valence-corrected chi connectivity index (χ0v) is 11.1. The third-order valence-corrected chi connectivity index (χ3v) is 4.13. The summed E-state index contributed by atoms with van der Waals surface area (Å²) in [5, 5.41) is 3.37. The molecule has 3 nitrogen and oxygen atoms in total. The van der Waals surface area contributed by atoms with Crippen molar-refractivity contribution in [2.75, 3.05) is 6.54 Å². The van der Waals surface area contributed by atoms with Gasteiger partial charge in [-0.05, 0) is 51.5 Å². The molecule has 0 bridgehead atoms. The van der Waals surface area contributed by atoms with E-state index >= 15 is 0 Å². The zero-order valence-electron chi connectivity index (χ0n) is 11.1. The van der Waals surface area contributed by atoms with Crippen molar-refractivity contribution in [1.82, 2.24) is 5.32 Å². The lowest BCUT2D eigenvalue weighted by Gasteiger charge is -2.31. The zero-order chi connectivity index (χ0) is 12.3. The van der Waals surface area contributed by atoms with Crippen LogP contribution in [0.1, 0.15) is 52.4 Å². The van der Waals surface area contributed by atoms with Gasteiger partial charge in [-0.3, -0.25) is 4.79 Å². The van der Waals surface area contributed by atoms with Gasteiger partial charge in [0.1, 0.15) is 6.10 Å². The normalized spacial score (nSPS) is 38.7. The van der Waals surface area contributed by atoms with Crippen molar-refractivity contribution in [1.29, 1.82) is 0 Å². The van der Waals surface area contributed by atoms with Crippen LogP contribution in [0.4, 0.5) is 0 Å². The number of hydrogen-bond donors (Lipinski definition) is 1. The minimum atomic E-state index is 0.0532. The molecule has 0 aromatic carbocycles. The lowest BCUT2D eigenvalue weighted by molar-refractivity contribution is -0.157. The summed E-state index contributed by atoms with van der Waals surface area (Å²) in [5.74, 6) is 0.898. The van der Waals surface area contributed by atoms with E-state index in [9.17, 15) is 4.79 Å². The number of rotatable bonds is 2. The minimum Gasteiger partial charge on any atom is -0.462 e. The number of carbonyl (C=O) groups excluding carboxylic acids is 1. The maximum atomic E-state index is 12.1. The predicted octanol–water partition coefficient (Wildman–Crippen LogP) is 2.50. The molecule has 0 radical (unpaired) electrons. The van der Waals surface area contributed by atoms with E-state index in [4.69, 9.17) is 4.74 Å². The number of esters is 1. The Kier molecular flexibility index (Phi) is 4.43. The van der Waals surface area contributed by atoms with E-state index in [1.807, 2.05) is 0 Å². The van der Waals surface area contributed by atoms with E-state index in [0.717, 1.165) is 32.2 Å². The average molecular weight is 239 g/mol. The van der Waals surface area contributed by atoms with Crippen LogP contribution in [0.3, 0.4) is 0 Å². The maximum Gasteiger partial charge on any atom is 0.309 e. The highest BCUT2D eigenvalue weighted by atomic mass is 16.5. The first-order valence-corrected chi connectivity index (χ1v) is 7.09. The topological polar surface area (TPSA) is 38.3 Å². The molecular weight excluding hydrogens is 214 g/mol. The van der Waals surface area contributed by atoms with Gasteiger partial charge < -0.3 is 10.1 Å². The van der Waals surface area contributed by atoms with E-state index in [-0.39, 0.29) is 18.0 Å². The predicted molar refractivity (Wildman–Crippen MR) is 67.7 cm³/mol. The summed E-state index contributed by atoms with van der Waals surface area (Å²) >= 11 is 0. The molecule has 1 aliphatic carbocycles. The molecule has 2 fully saturated rings. The molecule has 0 aromatic heterocycles. The van der Waals surface area contributed by atoms with E-state index in [0.29, 0.717) is 12.0 Å². The Balaban J connectivity index is 1.79. The fourth-order valence-electron chi connectivity index (χ4n) is 3.09. The number of nitrogens with one attached hydrogen (secondary N) is 1. The standard InChI is InChI=1S/C14H25NO2/c1-10-4-3-5-13(8-10)17-14(16)12-6-7-15-11(2)9-12/h10-13,15H,3-9H2,1-2H3. The van der Waals surface area contributed by atoms with Crippen LogP contribution in [0.5, 0.6) is 0 Å². The molecule has 1 saturated heterocycles. The van der Waals surface area contributed by atoms with E-state index < -0.39 is 0 Å². The van der Waals surface area contributed by atoms with Gasteiger partial charge in [0.05, 0.1) is 5.92 Å². The smallest absolute Gasteiger partial charge is 0.309 e. The highest BCUT2D eigenvalue weighted by Gasteiger charge is 2.29. The highest BCUT2D eigenvalue weighted by Crippen LogP contribution is 2.27.